The highest BCUT2D eigenvalue weighted by molar-refractivity contribution is 6.33. The Morgan fingerprint density at radius 1 is 0.972 bits per heavy atom. The number of nitriles is 1. The van der Waals surface area contributed by atoms with E-state index >= 15 is 0 Å². The van der Waals surface area contributed by atoms with Gasteiger partial charge in [0.1, 0.15) is 17.6 Å². The molecule has 0 aromatic heterocycles. The van der Waals surface area contributed by atoms with Crippen molar-refractivity contribution < 1.29 is 19.7 Å². The summed E-state index contributed by atoms with van der Waals surface area (Å²) in [6, 6.07) is 18.0. The van der Waals surface area contributed by atoms with Crippen molar-refractivity contribution in [2.24, 2.45) is 0 Å². The summed E-state index contributed by atoms with van der Waals surface area (Å²) in [4.78, 5) is 15.9. The highest BCUT2D eigenvalue weighted by atomic mass is 35.5. The molecule has 0 spiro atoms. The second kappa shape index (κ2) is 10.3. The summed E-state index contributed by atoms with van der Waals surface area (Å²) >= 11 is 11.9. The van der Waals surface area contributed by atoms with Crippen LogP contribution in [0.25, 0.3) is 15.6 Å². The molecule has 0 saturated carbocycles. The number of amides is 1. The number of hydrogen-bond donors (Lipinski definition) is 4. The number of nitrogens with zero attached hydrogens (tertiary/aromatic N) is 2. The largest absolute Gasteiger partial charge is 0.518 e. The highest BCUT2D eigenvalue weighted by Crippen LogP contribution is 2.37. The molecule has 0 fully saturated rings. The van der Waals surface area contributed by atoms with Crippen LogP contribution in [0.4, 0.5) is 17.1 Å². The van der Waals surface area contributed by atoms with E-state index in [1.165, 1.54) is 24.3 Å². The number of carbonyl (C=O) groups excluding carboxylic acids is 1. The fraction of sp³-hybridized carbons (Fsp3) is 0.0385. The third-order valence-corrected chi connectivity index (χ3v) is 5.77. The molecular formula is C26H16Cl2N4O4. The van der Waals surface area contributed by atoms with E-state index in [2.05, 4.69) is 15.5 Å². The molecule has 1 amide bonds. The van der Waals surface area contributed by atoms with Crippen LogP contribution >= 0.6 is 23.2 Å². The van der Waals surface area contributed by atoms with Gasteiger partial charge >= 0.3 is 0 Å². The van der Waals surface area contributed by atoms with Crippen molar-refractivity contribution in [3.63, 3.8) is 0 Å². The van der Waals surface area contributed by atoms with Crippen LogP contribution < -0.4 is 15.4 Å². The summed E-state index contributed by atoms with van der Waals surface area (Å²) in [5, 5.41) is 35.9. The number of fused-ring (bicyclic) bond motifs is 1. The Kier molecular flexibility index (Phi) is 7.03. The number of rotatable bonds is 6. The Morgan fingerprint density at radius 2 is 1.67 bits per heavy atom. The minimum Gasteiger partial charge on any atom is -0.518 e. The molecule has 8 nitrogen and oxygen atoms in total. The molecule has 178 valence electrons. The number of aromatic hydroxyl groups is 2. The molecule has 4 rings (SSSR count). The van der Waals surface area contributed by atoms with E-state index in [4.69, 9.17) is 39.8 Å². The first kappa shape index (κ1) is 24.5. The minimum atomic E-state index is -0.404. The van der Waals surface area contributed by atoms with Gasteiger partial charge in [0.15, 0.2) is 12.5 Å². The van der Waals surface area contributed by atoms with Gasteiger partial charge in [-0.1, -0.05) is 35.3 Å². The standard InChI is InChI=1S/C26H16Cl2N4O4/c1-30-23-11-18(9-22(28)25(23)34)31-13-36-20-5-4-14-6-16(3-2-15(14)8-20)26(35)32-19-7-17(12-29)24(33)21(27)10-19/h2-11,31,33-34H,13H2,(H,32,35). The van der Waals surface area contributed by atoms with Gasteiger partial charge in [-0.3, -0.25) is 4.79 Å². The Balaban J connectivity index is 1.44. The van der Waals surface area contributed by atoms with E-state index in [0.717, 1.165) is 10.8 Å². The van der Waals surface area contributed by atoms with Gasteiger partial charge < -0.3 is 25.6 Å². The second-order valence-corrected chi connectivity index (χ2v) is 8.36. The monoisotopic (exact) mass is 518 g/mol. The van der Waals surface area contributed by atoms with Gasteiger partial charge in [-0.15, -0.1) is 0 Å². The van der Waals surface area contributed by atoms with Crippen molar-refractivity contribution in [2.75, 3.05) is 17.4 Å². The Bertz CT molecular complexity index is 1590. The number of hydrogen-bond acceptors (Lipinski definition) is 6. The molecule has 0 radical (unpaired) electrons. The Morgan fingerprint density at radius 3 is 2.42 bits per heavy atom. The van der Waals surface area contributed by atoms with E-state index in [1.807, 2.05) is 12.1 Å². The van der Waals surface area contributed by atoms with Crippen molar-refractivity contribution in [3.8, 4) is 23.3 Å². The number of phenols is 2. The number of nitrogens with one attached hydrogen (secondary N) is 2. The molecule has 0 saturated heterocycles. The molecule has 36 heavy (non-hydrogen) atoms. The number of phenolic OH excluding ortho intramolecular Hbond substituents is 2. The zero-order valence-corrected chi connectivity index (χ0v) is 19.9. The third-order valence-electron chi connectivity index (χ3n) is 5.19. The van der Waals surface area contributed by atoms with Gasteiger partial charge in [-0.05, 0) is 59.3 Å². The lowest BCUT2D eigenvalue weighted by Gasteiger charge is -2.12. The molecule has 0 heterocycles. The van der Waals surface area contributed by atoms with Gasteiger partial charge in [0.2, 0.25) is 5.69 Å². The predicted molar refractivity (Wildman–Crippen MR) is 138 cm³/mol. The van der Waals surface area contributed by atoms with E-state index in [9.17, 15) is 15.0 Å². The normalized spacial score (nSPS) is 10.3. The average Bonchev–Trinajstić information content (AvgIpc) is 2.87. The number of halogens is 2. The molecule has 0 unspecified atom stereocenters. The van der Waals surface area contributed by atoms with Gasteiger partial charge in [0, 0.05) is 16.9 Å². The van der Waals surface area contributed by atoms with Crippen LogP contribution in [0, 0.1) is 17.9 Å². The summed E-state index contributed by atoms with van der Waals surface area (Å²) in [5.74, 6) is -0.431. The number of ether oxygens (including phenoxy) is 1. The van der Waals surface area contributed by atoms with Crippen molar-refractivity contribution in [1.82, 2.24) is 0 Å². The predicted octanol–water partition coefficient (Wildman–Crippen LogP) is 6.68. The summed E-state index contributed by atoms with van der Waals surface area (Å²) < 4.78 is 5.73. The van der Waals surface area contributed by atoms with E-state index in [-0.39, 0.29) is 45.2 Å². The second-order valence-electron chi connectivity index (χ2n) is 7.55. The highest BCUT2D eigenvalue weighted by Gasteiger charge is 2.13. The first-order valence-corrected chi connectivity index (χ1v) is 11.1. The van der Waals surface area contributed by atoms with Crippen LogP contribution in [0.1, 0.15) is 15.9 Å². The van der Waals surface area contributed by atoms with Crippen LogP contribution in [0.3, 0.4) is 0 Å². The summed E-state index contributed by atoms with van der Waals surface area (Å²) in [6.07, 6.45) is 0. The SMILES string of the molecule is [C-]#[N+]c1cc(NCOc2ccc3cc(C(=O)Nc4cc(Cl)c(O)c(C#N)c4)ccc3c2)cc(Cl)c1O. The fourth-order valence-electron chi connectivity index (χ4n) is 3.39. The zero-order valence-electron chi connectivity index (χ0n) is 18.3. The Labute approximate surface area is 215 Å². The van der Waals surface area contributed by atoms with Crippen molar-refractivity contribution in [2.45, 2.75) is 0 Å². The molecule has 0 aliphatic carbocycles. The topological polar surface area (TPSA) is 119 Å². The van der Waals surface area contributed by atoms with Gasteiger partial charge in [-0.2, -0.15) is 5.26 Å². The van der Waals surface area contributed by atoms with Gasteiger partial charge in [-0.25, -0.2) is 4.85 Å². The lowest BCUT2D eigenvalue weighted by Crippen LogP contribution is -2.12. The van der Waals surface area contributed by atoms with Crippen LogP contribution in [-0.4, -0.2) is 22.9 Å². The van der Waals surface area contributed by atoms with Gasteiger partial charge in [0.25, 0.3) is 5.91 Å². The van der Waals surface area contributed by atoms with Crippen molar-refractivity contribution in [1.29, 1.82) is 5.26 Å². The molecular weight excluding hydrogens is 503 g/mol. The molecule has 0 atom stereocenters. The van der Waals surface area contributed by atoms with E-state index in [0.29, 0.717) is 17.0 Å². The maximum absolute atomic E-state index is 12.7. The van der Waals surface area contributed by atoms with Crippen LogP contribution in [0.2, 0.25) is 10.0 Å². The quantitative estimate of drug-likeness (QED) is 0.128. The van der Waals surface area contributed by atoms with Crippen molar-refractivity contribution in [3.05, 3.63) is 93.3 Å². The molecule has 4 aromatic carbocycles. The van der Waals surface area contributed by atoms with E-state index in [1.54, 1.807) is 30.3 Å². The first-order valence-electron chi connectivity index (χ1n) is 10.3. The van der Waals surface area contributed by atoms with Crippen LogP contribution in [-0.2, 0) is 0 Å². The minimum absolute atomic E-state index is 0.0366. The van der Waals surface area contributed by atoms with Crippen LogP contribution in [0.15, 0.2) is 60.7 Å². The average molecular weight is 519 g/mol. The smallest absolute Gasteiger partial charge is 0.255 e. The first-order chi connectivity index (χ1) is 17.3. The van der Waals surface area contributed by atoms with Crippen molar-refractivity contribution >= 4 is 56.9 Å². The number of benzene rings is 4. The number of carbonyl (C=O) groups is 1. The number of anilines is 2. The lowest BCUT2D eigenvalue weighted by molar-refractivity contribution is 0.102. The van der Waals surface area contributed by atoms with E-state index < -0.39 is 5.91 Å². The molecule has 0 aliphatic heterocycles. The molecule has 0 aliphatic rings. The fourth-order valence-corrected chi connectivity index (χ4v) is 3.82. The summed E-state index contributed by atoms with van der Waals surface area (Å²) in [6.45, 7) is 7.18. The zero-order chi connectivity index (χ0) is 25.8. The lowest BCUT2D eigenvalue weighted by atomic mass is 10.1. The molecule has 10 heteroatoms. The Hall–Kier alpha value is -4.63. The third kappa shape index (κ3) is 5.21. The summed E-state index contributed by atoms with van der Waals surface area (Å²) in [7, 11) is 0. The maximum Gasteiger partial charge on any atom is 0.255 e. The molecule has 4 aromatic rings. The maximum atomic E-state index is 12.7. The molecule has 0 bridgehead atoms. The molecule has 4 N–H and O–H groups in total. The van der Waals surface area contributed by atoms with Gasteiger partial charge in [0.05, 0.1) is 22.2 Å². The summed E-state index contributed by atoms with van der Waals surface area (Å²) in [5.41, 5.74) is 1.19. The van der Waals surface area contributed by atoms with Crippen LogP contribution in [0.5, 0.6) is 17.2 Å².